The van der Waals surface area contributed by atoms with Crippen molar-refractivity contribution in [1.29, 1.82) is 0 Å². The van der Waals surface area contributed by atoms with Crippen LogP contribution in [-0.2, 0) is 6.54 Å². The van der Waals surface area contributed by atoms with Crippen molar-refractivity contribution in [2.24, 2.45) is 0 Å². The molecule has 0 saturated carbocycles. The fourth-order valence-corrected chi connectivity index (χ4v) is 4.75. The molecule has 3 aromatic heterocycles. The standard InChI is InChI=1S/C26H22N6O3S/c33-26(20-10-8-19(9-11-20)25-29-28-24(34-25)18-5-2-1-3-6-18)32-14-12-31(13-15-32)17-22-27-23(30-35-22)21-7-4-16-36-21/h1-11,16H,12-15,17H2. The second kappa shape index (κ2) is 9.84. The quantitative estimate of drug-likeness (QED) is 0.338. The largest absolute Gasteiger partial charge is 0.416 e. The summed E-state index contributed by atoms with van der Waals surface area (Å²) >= 11 is 1.58. The molecule has 10 heteroatoms. The third-order valence-corrected chi connectivity index (χ3v) is 6.92. The minimum atomic E-state index is 0.00877. The van der Waals surface area contributed by atoms with Crippen molar-refractivity contribution in [3.8, 4) is 33.6 Å². The van der Waals surface area contributed by atoms with Crippen LogP contribution in [0.15, 0.2) is 81.1 Å². The Bertz CT molecular complexity index is 1440. The molecule has 2 aromatic carbocycles. The number of nitrogens with zero attached hydrogens (tertiary/aromatic N) is 6. The lowest BCUT2D eigenvalue weighted by molar-refractivity contribution is 0.0615. The average Bonchev–Trinajstić information content (AvgIpc) is 3.72. The first-order chi connectivity index (χ1) is 17.7. The van der Waals surface area contributed by atoms with Gasteiger partial charge in [-0.15, -0.1) is 21.5 Å². The zero-order chi connectivity index (χ0) is 24.3. The summed E-state index contributed by atoms with van der Waals surface area (Å²) in [6, 6.07) is 20.9. The topological polar surface area (TPSA) is 101 Å². The lowest BCUT2D eigenvalue weighted by atomic mass is 10.1. The predicted molar refractivity (Wildman–Crippen MR) is 134 cm³/mol. The Morgan fingerprint density at radius 3 is 2.28 bits per heavy atom. The molecular weight excluding hydrogens is 476 g/mol. The maximum absolute atomic E-state index is 13.1. The number of hydrogen-bond acceptors (Lipinski definition) is 9. The van der Waals surface area contributed by atoms with E-state index in [-0.39, 0.29) is 5.91 Å². The van der Waals surface area contributed by atoms with Gasteiger partial charge in [-0.2, -0.15) is 4.98 Å². The van der Waals surface area contributed by atoms with Crippen LogP contribution in [-0.4, -0.2) is 62.2 Å². The summed E-state index contributed by atoms with van der Waals surface area (Å²) in [6.45, 7) is 3.33. The Morgan fingerprint density at radius 1 is 0.861 bits per heavy atom. The van der Waals surface area contributed by atoms with Crippen LogP contribution in [0, 0.1) is 0 Å². The van der Waals surface area contributed by atoms with Gasteiger partial charge in [0.25, 0.3) is 5.91 Å². The summed E-state index contributed by atoms with van der Waals surface area (Å²) in [5.74, 6) is 2.10. The van der Waals surface area contributed by atoms with Crippen molar-refractivity contribution in [2.75, 3.05) is 26.2 Å². The number of thiophene rings is 1. The van der Waals surface area contributed by atoms with E-state index in [1.54, 1.807) is 23.5 Å². The number of amides is 1. The van der Waals surface area contributed by atoms with E-state index in [0.717, 1.165) is 29.1 Å². The molecule has 180 valence electrons. The Labute approximate surface area is 211 Å². The lowest BCUT2D eigenvalue weighted by Crippen LogP contribution is -2.48. The molecule has 1 fully saturated rings. The highest BCUT2D eigenvalue weighted by Crippen LogP contribution is 2.25. The predicted octanol–water partition coefficient (Wildman–Crippen LogP) is 4.47. The fraction of sp³-hybridized carbons (Fsp3) is 0.192. The van der Waals surface area contributed by atoms with Crippen molar-refractivity contribution in [3.63, 3.8) is 0 Å². The maximum atomic E-state index is 13.1. The van der Waals surface area contributed by atoms with Gasteiger partial charge in [0.1, 0.15) is 0 Å². The van der Waals surface area contributed by atoms with Crippen LogP contribution in [0.25, 0.3) is 33.6 Å². The normalized spacial score (nSPS) is 14.3. The number of aromatic nitrogens is 4. The van der Waals surface area contributed by atoms with E-state index in [9.17, 15) is 4.79 Å². The van der Waals surface area contributed by atoms with Gasteiger partial charge < -0.3 is 13.8 Å². The van der Waals surface area contributed by atoms with Crippen molar-refractivity contribution in [2.45, 2.75) is 6.54 Å². The molecule has 0 radical (unpaired) electrons. The first-order valence-electron chi connectivity index (χ1n) is 11.6. The Kier molecular flexibility index (Phi) is 6.10. The van der Waals surface area contributed by atoms with Gasteiger partial charge >= 0.3 is 0 Å². The molecule has 1 amide bonds. The molecule has 4 heterocycles. The molecule has 0 bridgehead atoms. The molecule has 0 N–H and O–H groups in total. The van der Waals surface area contributed by atoms with Gasteiger partial charge in [0.05, 0.1) is 11.4 Å². The van der Waals surface area contributed by atoms with Crippen LogP contribution in [0.1, 0.15) is 16.2 Å². The van der Waals surface area contributed by atoms with Crippen molar-refractivity contribution in [1.82, 2.24) is 30.1 Å². The second-order valence-electron chi connectivity index (χ2n) is 8.41. The van der Waals surface area contributed by atoms with Gasteiger partial charge in [0.2, 0.25) is 23.5 Å². The highest BCUT2D eigenvalue weighted by molar-refractivity contribution is 7.13. The molecule has 36 heavy (non-hydrogen) atoms. The van der Waals surface area contributed by atoms with E-state index in [4.69, 9.17) is 8.94 Å². The number of benzene rings is 2. The zero-order valence-corrected chi connectivity index (χ0v) is 20.1. The molecule has 0 aliphatic carbocycles. The summed E-state index contributed by atoms with van der Waals surface area (Å²) in [4.78, 5) is 22.6. The maximum Gasteiger partial charge on any atom is 0.253 e. The van der Waals surface area contributed by atoms with Crippen LogP contribution in [0.5, 0.6) is 0 Å². The molecule has 1 aliphatic heterocycles. The molecule has 0 spiro atoms. The third-order valence-electron chi connectivity index (χ3n) is 6.05. The van der Waals surface area contributed by atoms with E-state index in [1.807, 2.05) is 64.9 Å². The van der Waals surface area contributed by atoms with E-state index in [1.165, 1.54) is 0 Å². The van der Waals surface area contributed by atoms with Crippen molar-refractivity contribution in [3.05, 3.63) is 83.6 Å². The van der Waals surface area contributed by atoms with Gasteiger partial charge in [0.15, 0.2) is 0 Å². The summed E-state index contributed by atoms with van der Waals surface area (Å²) < 4.78 is 11.2. The van der Waals surface area contributed by atoms with Crippen molar-refractivity contribution < 1.29 is 13.7 Å². The molecule has 1 aliphatic rings. The second-order valence-corrected chi connectivity index (χ2v) is 9.36. The minimum absolute atomic E-state index is 0.00877. The van der Waals surface area contributed by atoms with E-state index in [2.05, 4.69) is 25.2 Å². The van der Waals surface area contributed by atoms with Gasteiger partial charge in [-0.05, 0) is 47.8 Å². The number of carbonyl (C=O) groups excluding carboxylic acids is 1. The molecule has 1 saturated heterocycles. The van der Waals surface area contributed by atoms with Gasteiger partial charge in [-0.25, -0.2) is 0 Å². The molecule has 6 rings (SSSR count). The Morgan fingerprint density at radius 2 is 1.58 bits per heavy atom. The van der Waals surface area contributed by atoms with Crippen LogP contribution in [0.2, 0.25) is 0 Å². The first-order valence-corrected chi connectivity index (χ1v) is 12.5. The lowest BCUT2D eigenvalue weighted by Gasteiger charge is -2.34. The summed E-state index contributed by atoms with van der Waals surface area (Å²) in [5, 5.41) is 14.3. The minimum Gasteiger partial charge on any atom is -0.416 e. The van der Waals surface area contributed by atoms with Crippen molar-refractivity contribution >= 4 is 17.2 Å². The molecule has 9 nitrogen and oxygen atoms in total. The number of piperazine rings is 1. The van der Waals surface area contributed by atoms with Crippen LogP contribution < -0.4 is 0 Å². The zero-order valence-electron chi connectivity index (χ0n) is 19.3. The van der Waals surface area contributed by atoms with Crippen LogP contribution in [0.3, 0.4) is 0 Å². The molecule has 0 unspecified atom stereocenters. The monoisotopic (exact) mass is 498 g/mol. The van der Waals surface area contributed by atoms with E-state index >= 15 is 0 Å². The third kappa shape index (κ3) is 4.68. The van der Waals surface area contributed by atoms with Gasteiger partial charge in [-0.3, -0.25) is 9.69 Å². The number of rotatable bonds is 6. The van der Waals surface area contributed by atoms with Crippen LogP contribution in [0.4, 0.5) is 0 Å². The molecule has 5 aromatic rings. The number of hydrogen-bond donors (Lipinski definition) is 0. The van der Waals surface area contributed by atoms with Crippen LogP contribution >= 0.6 is 11.3 Å². The van der Waals surface area contributed by atoms with E-state index < -0.39 is 0 Å². The van der Waals surface area contributed by atoms with Gasteiger partial charge in [-0.1, -0.05) is 29.4 Å². The SMILES string of the molecule is O=C(c1ccc(-c2nnc(-c3ccccc3)o2)cc1)N1CCN(Cc2nc(-c3cccs3)no2)CC1. The highest BCUT2D eigenvalue weighted by atomic mass is 32.1. The van der Waals surface area contributed by atoms with E-state index in [0.29, 0.717) is 48.7 Å². The first kappa shape index (κ1) is 22.3. The fourth-order valence-electron chi connectivity index (χ4n) is 4.10. The highest BCUT2D eigenvalue weighted by Gasteiger charge is 2.24. The summed E-state index contributed by atoms with van der Waals surface area (Å²) in [6.07, 6.45) is 0. The number of carbonyl (C=O) groups is 1. The summed E-state index contributed by atoms with van der Waals surface area (Å²) in [5.41, 5.74) is 2.27. The smallest absolute Gasteiger partial charge is 0.253 e. The Hall–Kier alpha value is -4.15. The molecular formula is C26H22N6O3S. The van der Waals surface area contributed by atoms with Gasteiger partial charge in [0, 0.05) is 42.9 Å². The summed E-state index contributed by atoms with van der Waals surface area (Å²) in [7, 11) is 0. The average molecular weight is 499 g/mol. The molecule has 0 atom stereocenters. The Balaban J connectivity index is 1.05.